The van der Waals surface area contributed by atoms with Gasteiger partial charge in [0.2, 0.25) is 5.91 Å². The Morgan fingerprint density at radius 3 is 2.53 bits per heavy atom. The molecule has 0 aliphatic heterocycles. The fourth-order valence-electron chi connectivity index (χ4n) is 2.90. The Balaban J connectivity index is 1.34. The summed E-state index contributed by atoms with van der Waals surface area (Å²) in [5, 5.41) is 5.15. The molecule has 0 saturated heterocycles. The molecule has 1 heterocycles. The Morgan fingerprint density at radius 1 is 1.00 bits per heavy atom. The molecule has 3 aromatic rings. The highest BCUT2D eigenvalue weighted by Crippen LogP contribution is 2.22. The molecule has 0 atom stereocenters. The van der Waals surface area contributed by atoms with E-state index in [1.165, 1.54) is 0 Å². The number of rotatable bonds is 9. The number of ether oxygens (including phenoxy) is 1. The first-order valence-electron chi connectivity index (χ1n) is 10.0. The van der Waals surface area contributed by atoms with Crippen molar-refractivity contribution < 1.29 is 23.5 Å². The van der Waals surface area contributed by atoms with Crippen molar-refractivity contribution in [1.82, 2.24) is 5.32 Å². The minimum atomic E-state index is -0.551. The first kappa shape index (κ1) is 23.3. The Bertz CT molecular complexity index is 1090. The van der Waals surface area contributed by atoms with Gasteiger partial charge in [0.25, 0.3) is 5.91 Å². The zero-order valence-corrected chi connectivity index (χ0v) is 19.1. The summed E-state index contributed by atoms with van der Waals surface area (Å²) in [5.41, 5.74) is 2.50. The Labute approximate surface area is 194 Å². The van der Waals surface area contributed by atoms with E-state index in [4.69, 9.17) is 9.15 Å². The van der Waals surface area contributed by atoms with Crippen LogP contribution in [0, 0.1) is 6.92 Å². The second kappa shape index (κ2) is 11.3. The molecule has 0 spiro atoms. The van der Waals surface area contributed by atoms with E-state index in [0.717, 1.165) is 21.4 Å². The summed E-state index contributed by atoms with van der Waals surface area (Å²) < 4.78 is 11.6. The van der Waals surface area contributed by atoms with Gasteiger partial charge in [-0.3, -0.25) is 14.4 Å². The van der Waals surface area contributed by atoms with Gasteiger partial charge in [-0.1, -0.05) is 46.3 Å². The average Bonchev–Trinajstić information content (AvgIpc) is 3.26. The van der Waals surface area contributed by atoms with Crippen LogP contribution in [0.4, 0.5) is 5.69 Å². The maximum Gasteiger partial charge on any atom is 0.306 e. The monoisotopic (exact) mass is 498 g/mol. The lowest BCUT2D eigenvalue weighted by atomic mass is 10.2. The van der Waals surface area contributed by atoms with Gasteiger partial charge in [0.05, 0.1) is 13.0 Å². The molecular weight excluding hydrogens is 476 g/mol. The predicted molar refractivity (Wildman–Crippen MR) is 124 cm³/mol. The molecule has 3 rings (SSSR count). The topological polar surface area (TPSA) is 97.6 Å². The van der Waals surface area contributed by atoms with Crippen LogP contribution < -0.4 is 10.6 Å². The van der Waals surface area contributed by atoms with Gasteiger partial charge in [-0.05, 0) is 42.8 Å². The lowest BCUT2D eigenvalue weighted by Crippen LogP contribution is -2.35. The van der Waals surface area contributed by atoms with Crippen LogP contribution in [0.3, 0.4) is 0 Å². The fourth-order valence-corrected chi connectivity index (χ4v) is 3.38. The van der Waals surface area contributed by atoms with Crippen LogP contribution >= 0.6 is 15.9 Å². The molecule has 7 nitrogen and oxygen atoms in total. The number of halogens is 1. The molecule has 0 fully saturated rings. The predicted octanol–water partition coefficient (Wildman–Crippen LogP) is 4.25. The van der Waals surface area contributed by atoms with Gasteiger partial charge in [0.15, 0.2) is 6.61 Å². The Kier molecular flexibility index (Phi) is 8.21. The van der Waals surface area contributed by atoms with Crippen molar-refractivity contribution in [3.8, 4) is 11.3 Å². The zero-order chi connectivity index (χ0) is 22.9. The molecule has 0 bridgehead atoms. The highest BCUT2D eigenvalue weighted by atomic mass is 79.9. The molecule has 0 aliphatic rings. The number of carbonyl (C=O) groups excluding carboxylic acids is 3. The summed E-state index contributed by atoms with van der Waals surface area (Å²) in [6.45, 7) is 1.20. The van der Waals surface area contributed by atoms with Crippen molar-refractivity contribution in [2.45, 2.75) is 19.8 Å². The summed E-state index contributed by atoms with van der Waals surface area (Å²) in [5.74, 6) is -0.0598. The first-order valence-corrected chi connectivity index (χ1v) is 10.8. The third kappa shape index (κ3) is 7.09. The quantitative estimate of drug-likeness (QED) is 0.429. The fraction of sp³-hybridized carbons (Fsp3) is 0.208. The van der Waals surface area contributed by atoms with Gasteiger partial charge < -0.3 is 19.8 Å². The Morgan fingerprint density at radius 2 is 1.78 bits per heavy atom. The molecule has 0 saturated carbocycles. The van der Waals surface area contributed by atoms with E-state index in [9.17, 15) is 14.4 Å². The van der Waals surface area contributed by atoms with E-state index in [1.54, 1.807) is 6.07 Å². The van der Waals surface area contributed by atoms with E-state index in [0.29, 0.717) is 17.9 Å². The van der Waals surface area contributed by atoms with Crippen LogP contribution in [0.1, 0.15) is 17.7 Å². The second-order valence-corrected chi connectivity index (χ2v) is 7.99. The molecule has 8 heteroatoms. The number of nitrogens with one attached hydrogen (secondary N) is 2. The van der Waals surface area contributed by atoms with Crippen LogP contribution in [0.2, 0.25) is 0 Å². The standard InChI is InChI=1S/C24H23BrN2O5/c1-16-13-18(25)7-10-20(16)27-22(28)14-26-23(29)15-31-24(30)12-9-19-8-11-21(32-19)17-5-3-2-4-6-17/h2-8,10-11,13H,9,12,14-15H2,1H3,(H,26,29)(H,27,28). The number of carbonyl (C=O) groups is 3. The molecule has 2 aromatic carbocycles. The van der Waals surface area contributed by atoms with Crippen molar-refractivity contribution in [2.24, 2.45) is 0 Å². The maximum atomic E-state index is 12.0. The number of hydrogen-bond donors (Lipinski definition) is 2. The van der Waals surface area contributed by atoms with Crippen LogP contribution in [0.15, 0.2) is 69.6 Å². The molecule has 2 amide bonds. The van der Waals surface area contributed by atoms with E-state index in [1.807, 2.05) is 61.5 Å². The van der Waals surface area contributed by atoms with Crippen molar-refractivity contribution in [3.05, 3.63) is 76.5 Å². The molecule has 0 unspecified atom stereocenters. The summed E-state index contributed by atoms with van der Waals surface area (Å²) >= 11 is 3.36. The molecule has 2 N–H and O–H groups in total. The number of aryl methyl sites for hydroxylation is 2. The van der Waals surface area contributed by atoms with Gasteiger partial charge in [-0.2, -0.15) is 0 Å². The normalized spacial score (nSPS) is 10.4. The van der Waals surface area contributed by atoms with Crippen molar-refractivity contribution in [1.29, 1.82) is 0 Å². The lowest BCUT2D eigenvalue weighted by molar-refractivity contribution is -0.148. The van der Waals surface area contributed by atoms with Gasteiger partial charge in [-0.25, -0.2) is 0 Å². The number of benzene rings is 2. The molecule has 166 valence electrons. The number of amides is 2. The highest BCUT2D eigenvalue weighted by Gasteiger charge is 2.12. The van der Waals surface area contributed by atoms with E-state index >= 15 is 0 Å². The molecular formula is C24H23BrN2O5. The van der Waals surface area contributed by atoms with Crippen molar-refractivity contribution in [2.75, 3.05) is 18.5 Å². The Hall–Kier alpha value is -3.39. The number of esters is 1. The molecule has 0 radical (unpaired) electrons. The van der Waals surface area contributed by atoms with Crippen molar-refractivity contribution in [3.63, 3.8) is 0 Å². The largest absolute Gasteiger partial charge is 0.461 e. The minimum Gasteiger partial charge on any atom is -0.461 e. The average molecular weight is 499 g/mol. The smallest absolute Gasteiger partial charge is 0.306 e. The summed E-state index contributed by atoms with van der Waals surface area (Å²) in [7, 11) is 0. The van der Waals surface area contributed by atoms with Crippen LogP contribution in [0.25, 0.3) is 11.3 Å². The number of hydrogen-bond acceptors (Lipinski definition) is 5. The van der Waals surface area contributed by atoms with Crippen LogP contribution in [-0.4, -0.2) is 30.9 Å². The van der Waals surface area contributed by atoms with E-state index in [-0.39, 0.29) is 18.9 Å². The first-order chi connectivity index (χ1) is 15.4. The summed E-state index contributed by atoms with van der Waals surface area (Å²) in [6, 6.07) is 18.8. The minimum absolute atomic E-state index is 0.0817. The number of anilines is 1. The molecule has 0 aliphatic carbocycles. The highest BCUT2D eigenvalue weighted by molar-refractivity contribution is 9.10. The summed E-state index contributed by atoms with van der Waals surface area (Å²) in [4.78, 5) is 35.8. The van der Waals surface area contributed by atoms with E-state index < -0.39 is 18.5 Å². The second-order valence-electron chi connectivity index (χ2n) is 7.08. The van der Waals surface area contributed by atoms with Crippen LogP contribution in [-0.2, 0) is 25.5 Å². The third-order valence-corrected chi connectivity index (χ3v) is 5.06. The third-order valence-electron chi connectivity index (χ3n) is 4.57. The SMILES string of the molecule is Cc1cc(Br)ccc1NC(=O)CNC(=O)COC(=O)CCc1ccc(-c2ccccc2)o1. The van der Waals surface area contributed by atoms with E-state index in [2.05, 4.69) is 26.6 Å². The number of furan rings is 1. The van der Waals surface area contributed by atoms with Gasteiger partial charge in [0.1, 0.15) is 11.5 Å². The van der Waals surface area contributed by atoms with Gasteiger partial charge in [-0.15, -0.1) is 0 Å². The summed E-state index contributed by atoms with van der Waals surface area (Å²) in [6.07, 6.45) is 0.445. The molecule has 32 heavy (non-hydrogen) atoms. The van der Waals surface area contributed by atoms with Crippen LogP contribution in [0.5, 0.6) is 0 Å². The maximum absolute atomic E-state index is 12.0. The molecule has 1 aromatic heterocycles. The lowest BCUT2D eigenvalue weighted by Gasteiger charge is -2.10. The zero-order valence-electron chi connectivity index (χ0n) is 17.5. The van der Waals surface area contributed by atoms with Gasteiger partial charge in [0, 0.05) is 22.1 Å². The van der Waals surface area contributed by atoms with Gasteiger partial charge >= 0.3 is 5.97 Å². The van der Waals surface area contributed by atoms with Crippen molar-refractivity contribution >= 4 is 39.4 Å².